The molecule has 1 aliphatic rings. The Hall–Kier alpha value is -2.37. The number of amides is 1. The van der Waals surface area contributed by atoms with Crippen LogP contribution in [0.1, 0.15) is 0 Å². The zero-order chi connectivity index (χ0) is 23.3. The predicted octanol–water partition coefficient (Wildman–Crippen LogP) is 2.02. The van der Waals surface area contributed by atoms with Crippen molar-refractivity contribution in [2.24, 2.45) is 0 Å². The molecule has 11 heteroatoms. The number of sulfonamides is 1. The first kappa shape index (κ1) is 24.3. The first-order valence-corrected chi connectivity index (χ1v) is 12.3. The highest BCUT2D eigenvalue weighted by Crippen LogP contribution is 2.27. The Balaban J connectivity index is 1.80. The van der Waals surface area contributed by atoms with Crippen LogP contribution in [0.2, 0.25) is 5.02 Å². The quantitative estimate of drug-likeness (QED) is 0.438. The van der Waals surface area contributed by atoms with Crippen molar-refractivity contribution in [1.82, 2.24) is 15.3 Å². The van der Waals surface area contributed by atoms with Crippen molar-refractivity contribution in [3.05, 3.63) is 53.6 Å². The van der Waals surface area contributed by atoms with Crippen molar-refractivity contribution in [2.45, 2.75) is 6.04 Å². The minimum absolute atomic E-state index is 0.133. The predicted molar refractivity (Wildman–Crippen MR) is 123 cm³/mol. The molecule has 9 nitrogen and oxygen atoms in total. The van der Waals surface area contributed by atoms with Gasteiger partial charge in [0, 0.05) is 31.2 Å². The lowest BCUT2D eigenvalue weighted by atomic mass is 10.2. The van der Waals surface area contributed by atoms with E-state index in [1.807, 2.05) is 11.9 Å². The molecule has 0 bridgehead atoms. The Labute approximate surface area is 193 Å². The number of carbonyl (C=O) groups excluding carboxylic acids is 1. The number of ether oxygens (including phenoxy) is 1. The van der Waals surface area contributed by atoms with E-state index in [2.05, 4.69) is 4.90 Å². The number of anilines is 1. The summed E-state index contributed by atoms with van der Waals surface area (Å²) >= 11 is 5.88. The van der Waals surface area contributed by atoms with Gasteiger partial charge in [-0.15, -0.1) is 0 Å². The second-order valence-electron chi connectivity index (χ2n) is 7.68. The van der Waals surface area contributed by atoms with E-state index < -0.39 is 22.0 Å². The normalized spacial score (nSPS) is 16.4. The average molecular weight is 483 g/mol. The minimum Gasteiger partial charge on any atom is -0.457 e. The molecule has 2 N–H and O–H groups in total. The lowest BCUT2D eigenvalue weighted by molar-refractivity contribution is -0.135. The number of nitrogens with zero attached hydrogens (tertiary/aromatic N) is 3. The second kappa shape index (κ2) is 10.5. The maximum atomic E-state index is 12.6. The van der Waals surface area contributed by atoms with E-state index in [9.17, 15) is 18.4 Å². The standard InChI is InChI=1S/C21H27ClN4O5S/c1-24-11-13-25(14-12-24)20(21(27)23-28)15-26(32(2,29)30)17-5-9-19(10-6-17)31-18-7-3-16(22)4-8-18/h3-10,20,28H,11-15H2,1-2H3,(H,23,27). The third kappa shape index (κ3) is 6.33. The molecule has 0 aromatic heterocycles. The Kier molecular flexibility index (Phi) is 7.96. The number of piperazine rings is 1. The molecule has 1 aliphatic heterocycles. The first-order chi connectivity index (χ1) is 15.2. The van der Waals surface area contributed by atoms with Crippen molar-refractivity contribution in [3.63, 3.8) is 0 Å². The zero-order valence-electron chi connectivity index (χ0n) is 17.9. The molecule has 3 rings (SSSR count). The number of halogens is 1. The Bertz CT molecular complexity index is 1010. The molecular weight excluding hydrogens is 456 g/mol. The number of hydrogen-bond acceptors (Lipinski definition) is 7. The van der Waals surface area contributed by atoms with E-state index in [1.54, 1.807) is 54.0 Å². The molecule has 1 saturated heterocycles. The topological polar surface area (TPSA) is 102 Å². The van der Waals surface area contributed by atoms with E-state index in [4.69, 9.17) is 16.3 Å². The summed E-state index contributed by atoms with van der Waals surface area (Å²) < 4.78 is 32.1. The number of hydrogen-bond donors (Lipinski definition) is 2. The molecule has 2 aromatic rings. The summed E-state index contributed by atoms with van der Waals surface area (Å²) in [7, 11) is -1.72. The van der Waals surface area contributed by atoms with Gasteiger partial charge in [-0.05, 0) is 55.6 Å². The SMILES string of the molecule is CN1CCN(C(CN(c2ccc(Oc3ccc(Cl)cc3)cc2)S(C)(=O)=O)C(=O)NO)CC1. The second-order valence-corrected chi connectivity index (χ2v) is 10.0. The number of carbonyl (C=O) groups is 1. The molecule has 1 amide bonds. The molecule has 32 heavy (non-hydrogen) atoms. The Morgan fingerprint density at radius 1 is 1.09 bits per heavy atom. The van der Waals surface area contributed by atoms with Crippen LogP contribution in [0.3, 0.4) is 0 Å². The molecule has 0 saturated carbocycles. The van der Waals surface area contributed by atoms with Crippen LogP contribution in [0.25, 0.3) is 0 Å². The van der Waals surface area contributed by atoms with Crippen LogP contribution in [0.15, 0.2) is 48.5 Å². The fraction of sp³-hybridized carbons (Fsp3) is 0.381. The Morgan fingerprint density at radius 2 is 1.62 bits per heavy atom. The summed E-state index contributed by atoms with van der Waals surface area (Å²) in [6.07, 6.45) is 1.09. The molecule has 174 valence electrons. The van der Waals surface area contributed by atoms with E-state index in [0.717, 1.165) is 23.7 Å². The van der Waals surface area contributed by atoms with Crippen LogP contribution in [0.5, 0.6) is 11.5 Å². The van der Waals surface area contributed by atoms with Gasteiger partial charge < -0.3 is 9.64 Å². The van der Waals surface area contributed by atoms with Gasteiger partial charge in [0.1, 0.15) is 17.5 Å². The van der Waals surface area contributed by atoms with Crippen LogP contribution in [-0.2, 0) is 14.8 Å². The van der Waals surface area contributed by atoms with Gasteiger partial charge in [0.2, 0.25) is 10.0 Å². The highest BCUT2D eigenvalue weighted by molar-refractivity contribution is 7.92. The molecule has 1 fully saturated rings. The average Bonchev–Trinajstić information content (AvgIpc) is 2.76. The number of benzene rings is 2. The molecule has 0 spiro atoms. The van der Waals surface area contributed by atoms with Crippen molar-refractivity contribution in [2.75, 3.05) is 50.3 Å². The molecule has 1 atom stereocenters. The van der Waals surface area contributed by atoms with E-state index in [1.165, 1.54) is 0 Å². The maximum absolute atomic E-state index is 12.6. The third-order valence-corrected chi connectivity index (χ3v) is 6.72. The van der Waals surface area contributed by atoms with Gasteiger partial charge in [0.25, 0.3) is 5.91 Å². The van der Waals surface area contributed by atoms with Crippen molar-refractivity contribution in [3.8, 4) is 11.5 Å². The van der Waals surface area contributed by atoms with Gasteiger partial charge in [-0.2, -0.15) is 0 Å². The van der Waals surface area contributed by atoms with Gasteiger partial charge >= 0.3 is 0 Å². The summed E-state index contributed by atoms with van der Waals surface area (Å²) in [5, 5.41) is 9.83. The monoisotopic (exact) mass is 482 g/mol. The Morgan fingerprint density at radius 3 is 2.12 bits per heavy atom. The van der Waals surface area contributed by atoms with Crippen LogP contribution in [-0.4, -0.2) is 81.4 Å². The highest BCUT2D eigenvalue weighted by Gasteiger charge is 2.32. The summed E-state index contributed by atoms with van der Waals surface area (Å²) in [6, 6.07) is 12.6. The fourth-order valence-electron chi connectivity index (χ4n) is 3.48. The van der Waals surface area contributed by atoms with Crippen LogP contribution in [0, 0.1) is 0 Å². The van der Waals surface area contributed by atoms with Gasteiger partial charge in [-0.25, -0.2) is 13.9 Å². The van der Waals surface area contributed by atoms with Crippen molar-refractivity contribution < 1.29 is 23.2 Å². The fourth-order valence-corrected chi connectivity index (χ4v) is 4.52. The largest absolute Gasteiger partial charge is 0.457 e. The molecule has 1 unspecified atom stereocenters. The maximum Gasteiger partial charge on any atom is 0.262 e. The minimum atomic E-state index is -3.70. The zero-order valence-corrected chi connectivity index (χ0v) is 19.5. The van der Waals surface area contributed by atoms with E-state index in [0.29, 0.717) is 35.3 Å². The van der Waals surface area contributed by atoms with Gasteiger partial charge in [-0.1, -0.05) is 11.6 Å². The molecule has 0 aliphatic carbocycles. The van der Waals surface area contributed by atoms with Gasteiger partial charge in [0.05, 0.1) is 18.5 Å². The van der Waals surface area contributed by atoms with E-state index >= 15 is 0 Å². The van der Waals surface area contributed by atoms with Crippen molar-refractivity contribution in [1.29, 1.82) is 0 Å². The lowest BCUT2D eigenvalue weighted by Crippen LogP contribution is -2.58. The van der Waals surface area contributed by atoms with Crippen LogP contribution < -0.4 is 14.5 Å². The van der Waals surface area contributed by atoms with E-state index in [-0.39, 0.29) is 6.54 Å². The molecular formula is C21H27ClN4O5S. The van der Waals surface area contributed by atoms with Gasteiger partial charge in [0.15, 0.2) is 0 Å². The smallest absolute Gasteiger partial charge is 0.262 e. The summed E-state index contributed by atoms with van der Waals surface area (Å²) in [5.41, 5.74) is 2.07. The lowest BCUT2D eigenvalue weighted by Gasteiger charge is -2.38. The highest BCUT2D eigenvalue weighted by atomic mass is 35.5. The summed E-state index contributed by atoms with van der Waals surface area (Å²) in [5.74, 6) is 0.469. The molecule has 1 heterocycles. The van der Waals surface area contributed by atoms with Crippen molar-refractivity contribution >= 4 is 33.2 Å². The number of rotatable bonds is 8. The molecule has 0 radical (unpaired) electrons. The molecule has 2 aromatic carbocycles. The van der Waals surface area contributed by atoms with Crippen LogP contribution in [0.4, 0.5) is 5.69 Å². The third-order valence-electron chi connectivity index (χ3n) is 5.30. The van der Waals surface area contributed by atoms with Gasteiger partial charge in [-0.3, -0.25) is 19.2 Å². The summed E-state index contributed by atoms with van der Waals surface area (Å²) in [6.45, 7) is 2.52. The number of nitrogens with one attached hydrogen (secondary N) is 1. The first-order valence-electron chi connectivity index (χ1n) is 10.0. The number of hydroxylamine groups is 1. The van der Waals surface area contributed by atoms with Crippen LogP contribution >= 0.6 is 11.6 Å². The number of likely N-dealkylation sites (N-methyl/N-ethyl adjacent to an activating group) is 1. The summed E-state index contributed by atoms with van der Waals surface area (Å²) in [4.78, 5) is 16.4.